The molecule has 2 amide bonds. The predicted molar refractivity (Wildman–Crippen MR) is 104 cm³/mol. The minimum atomic E-state index is -0.476. The summed E-state index contributed by atoms with van der Waals surface area (Å²) in [5, 5.41) is 5.39. The fourth-order valence-corrected chi connectivity index (χ4v) is 3.40. The Labute approximate surface area is 156 Å². The standard InChI is InChI=1S/C22H17FN2O2/c23-15-6-8-16(9-7-15)24-22(27)25-19-12-10-17(14-4-2-1-3-5-14)18-11-13-20(26)21(18)19/h1-10,12H,11,13H2,(H2,24,25,27). The van der Waals surface area contributed by atoms with Gasteiger partial charge in [-0.1, -0.05) is 36.4 Å². The SMILES string of the molecule is O=C(Nc1ccc(F)cc1)Nc1ccc(-c2ccccc2)c2c1C(=O)CC2. The lowest BCUT2D eigenvalue weighted by Crippen LogP contribution is -2.20. The highest BCUT2D eigenvalue weighted by atomic mass is 19.1. The van der Waals surface area contributed by atoms with E-state index in [1.807, 2.05) is 36.4 Å². The van der Waals surface area contributed by atoms with Crippen molar-refractivity contribution in [1.82, 2.24) is 0 Å². The number of ketones is 1. The predicted octanol–water partition coefficient (Wildman–Crippen LogP) is 5.27. The van der Waals surface area contributed by atoms with Gasteiger partial charge < -0.3 is 10.6 Å². The highest BCUT2D eigenvalue weighted by molar-refractivity contribution is 6.11. The molecule has 2 N–H and O–H groups in total. The third kappa shape index (κ3) is 3.44. The number of benzene rings is 3. The molecular weight excluding hydrogens is 343 g/mol. The van der Waals surface area contributed by atoms with Gasteiger partial charge >= 0.3 is 6.03 Å². The Morgan fingerprint density at radius 3 is 2.33 bits per heavy atom. The molecule has 0 saturated heterocycles. The molecule has 0 spiro atoms. The zero-order valence-corrected chi connectivity index (χ0v) is 14.5. The summed E-state index contributed by atoms with van der Waals surface area (Å²) in [5.41, 5.74) is 4.56. The summed E-state index contributed by atoms with van der Waals surface area (Å²) in [6.45, 7) is 0. The molecule has 0 fully saturated rings. The van der Waals surface area contributed by atoms with Crippen LogP contribution in [0.5, 0.6) is 0 Å². The van der Waals surface area contributed by atoms with E-state index in [9.17, 15) is 14.0 Å². The van der Waals surface area contributed by atoms with E-state index in [4.69, 9.17) is 0 Å². The summed E-state index contributed by atoms with van der Waals surface area (Å²) in [6, 6.07) is 18.6. The van der Waals surface area contributed by atoms with E-state index in [0.29, 0.717) is 29.8 Å². The normalized spacial score (nSPS) is 12.6. The Morgan fingerprint density at radius 2 is 1.59 bits per heavy atom. The van der Waals surface area contributed by atoms with E-state index < -0.39 is 6.03 Å². The van der Waals surface area contributed by atoms with Crippen molar-refractivity contribution in [2.45, 2.75) is 12.8 Å². The van der Waals surface area contributed by atoms with Crippen molar-refractivity contribution in [3.63, 3.8) is 0 Å². The molecular formula is C22H17FN2O2. The van der Waals surface area contributed by atoms with Crippen LogP contribution in [0, 0.1) is 5.82 Å². The first-order valence-electron chi connectivity index (χ1n) is 8.70. The van der Waals surface area contributed by atoms with Gasteiger partial charge in [0.25, 0.3) is 0 Å². The molecule has 0 heterocycles. The Hall–Kier alpha value is -3.47. The summed E-state index contributed by atoms with van der Waals surface area (Å²) >= 11 is 0. The number of halogens is 1. The second-order valence-electron chi connectivity index (χ2n) is 6.39. The Bertz CT molecular complexity index is 1010. The molecule has 4 rings (SSSR count). The van der Waals surface area contributed by atoms with Crippen LogP contribution in [0.1, 0.15) is 22.3 Å². The largest absolute Gasteiger partial charge is 0.323 e. The molecule has 0 atom stereocenters. The smallest absolute Gasteiger partial charge is 0.308 e. The number of carbonyl (C=O) groups is 2. The van der Waals surface area contributed by atoms with Crippen molar-refractivity contribution in [2.24, 2.45) is 0 Å². The van der Waals surface area contributed by atoms with Gasteiger partial charge in [0.15, 0.2) is 5.78 Å². The summed E-state index contributed by atoms with van der Waals surface area (Å²) in [6.07, 6.45) is 1.10. The lowest BCUT2D eigenvalue weighted by Gasteiger charge is -2.14. The first-order valence-corrected chi connectivity index (χ1v) is 8.70. The zero-order chi connectivity index (χ0) is 18.8. The van der Waals surface area contributed by atoms with Crippen molar-refractivity contribution >= 4 is 23.2 Å². The fourth-order valence-electron chi connectivity index (χ4n) is 3.40. The number of anilines is 2. The molecule has 27 heavy (non-hydrogen) atoms. The second kappa shape index (κ2) is 7.03. The maximum Gasteiger partial charge on any atom is 0.323 e. The number of nitrogens with one attached hydrogen (secondary N) is 2. The number of fused-ring (bicyclic) bond motifs is 1. The van der Waals surface area contributed by atoms with Crippen LogP contribution in [0.15, 0.2) is 66.7 Å². The molecule has 0 unspecified atom stereocenters. The molecule has 1 aliphatic rings. The molecule has 0 aliphatic heterocycles. The lowest BCUT2D eigenvalue weighted by molar-refractivity contribution is 0.0995. The number of urea groups is 1. The van der Waals surface area contributed by atoms with Gasteiger partial charge in [0.05, 0.1) is 5.69 Å². The van der Waals surface area contributed by atoms with Crippen molar-refractivity contribution in [3.05, 3.63) is 83.7 Å². The summed E-state index contributed by atoms with van der Waals surface area (Å²) < 4.78 is 13.0. The van der Waals surface area contributed by atoms with Crippen LogP contribution in [0.3, 0.4) is 0 Å². The van der Waals surface area contributed by atoms with E-state index in [-0.39, 0.29) is 11.6 Å². The number of hydrogen-bond donors (Lipinski definition) is 2. The summed E-state index contributed by atoms with van der Waals surface area (Å²) in [5.74, 6) is -0.347. The van der Waals surface area contributed by atoms with Crippen molar-refractivity contribution in [2.75, 3.05) is 10.6 Å². The molecule has 3 aromatic carbocycles. The Balaban J connectivity index is 1.62. The number of rotatable bonds is 3. The molecule has 0 saturated carbocycles. The molecule has 0 radical (unpaired) electrons. The van der Waals surface area contributed by atoms with Crippen LogP contribution in [-0.2, 0) is 6.42 Å². The molecule has 4 nitrogen and oxygen atoms in total. The second-order valence-corrected chi connectivity index (χ2v) is 6.39. The molecule has 5 heteroatoms. The number of Topliss-reactive ketones (excluding diaryl/α,β-unsaturated/α-hetero) is 1. The highest BCUT2D eigenvalue weighted by Crippen LogP contribution is 2.36. The van der Waals surface area contributed by atoms with Crippen LogP contribution < -0.4 is 10.6 Å². The third-order valence-corrected chi connectivity index (χ3v) is 4.63. The average Bonchev–Trinajstić information content (AvgIpc) is 3.07. The average molecular weight is 360 g/mol. The Kier molecular flexibility index (Phi) is 4.42. The maximum absolute atomic E-state index is 13.0. The molecule has 134 valence electrons. The van der Waals surface area contributed by atoms with Gasteiger partial charge in [0, 0.05) is 17.7 Å². The monoisotopic (exact) mass is 360 g/mol. The van der Waals surface area contributed by atoms with Crippen molar-refractivity contribution < 1.29 is 14.0 Å². The van der Waals surface area contributed by atoms with Gasteiger partial charge in [-0.25, -0.2) is 9.18 Å². The Morgan fingerprint density at radius 1 is 0.852 bits per heavy atom. The molecule has 1 aliphatic carbocycles. The van der Waals surface area contributed by atoms with Crippen LogP contribution in [0.25, 0.3) is 11.1 Å². The first-order chi connectivity index (χ1) is 13.1. The number of amides is 2. The molecule has 3 aromatic rings. The van der Waals surface area contributed by atoms with E-state index >= 15 is 0 Å². The zero-order valence-electron chi connectivity index (χ0n) is 14.5. The molecule has 0 bridgehead atoms. The maximum atomic E-state index is 13.0. The van der Waals surface area contributed by atoms with Crippen molar-refractivity contribution in [3.8, 4) is 11.1 Å². The number of carbonyl (C=O) groups excluding carboxylic acids is 2. The topological polar surface area (TPSA) is 58.2 Å². The summed E-state index contributed by atoms with van der Waals surface area (Å²) in [7, 11) is 0. The van der Waals surface area contributed by atoms with Gasteiger partial charge in [-0.05, 0) is 53.4 Å². The number of hydrogen-bond acceptors (Lipinski definition) is 2. The molecule has 0 aromatic heterocycles. The van der Waals surface area contributed by atoms with E-state index in [1.54, 1.807) is 6.07 Å². The minimum Gasteiger partial charge on any atom is -0.308 e. The van der Waals surface area contributed by atoms with E-state index in [0.717, 1.165) is 16.7 Å². The minimum absolute atomic E-state index is 0.0277. The van der Waals surface area contributed by atoms with Crippen LogP contribution >= 0.6 is 0 Å². The van der Waals surface area contributed by atoms with Gasteiger partial charge in [-0.15, -0.1) is 0 Å². The van der Waals surface area contributed by atoms with E-state index in [2.05, 4.69) is 10.6 Å². The fraction of sp³-hybridized carbons (Fsp3) is 0.0909. The first kappa shape index (κ1) is 17.0. The lowest BCUT2D eigenvalue weighted by atomic mass is 9.95. The van der Waals surface area contributed by atoms with Crippen molar-refractivity contribution in [1.29, 1.82) is 0 Å². The third-order valence-electron chi connectivity index (χ3n) is 4.63. The van der Waals surface area contributed by atoms with Gasteiger partial charge in [0.2, 0.25) is 0 Å². The van der Waals surface area contributed by atoms with E-state index in [1.165, 1.54) is 24.3 Å². The van der Waals surface area contributed by atoms with Crippen LogP contribution in [-0.4, -0.2) is 11.8 Å². The quantitative estimate of drug-likeness (QED) is 0.669. The summed E-state index contributed by atoms with van der Waals surface area (Å²) in [4.78, 5) is 24.7. The van der Waals surface area contributed by atoms with Gasteiger partial charge in [-0.2, -0.15) is 0 Å². The van der Waals surface area contributed by atoms with Crippen LogP contribution in [0.2, 0.25) is 0 Å². The van der Waals surface area contributed by atoms with Crippen LogP contribution in [0.4, 0.5) is 20.6 Å². The van der Waals surface area contributed by atoms with Gasteiger partial charge in [-0.3, -0.25) is 4.79 Å². The van der Waals surface area contributed by atoms with Gasteiger partial charge in [0.1, 0.15) is 5.82 Å². The highest BCUT2D eigenvalue weighted by Gasteiger charge is 2.26.